The van der Waals surface area contributed by atoms with Crippen molar-refractivity contribution in [1.82, 2.24) is 25.1 Å². The molecule has 2 heterocycles. The zero-order valence-electron chi connectivity index (χ0n) is 7.97. The van der Waals surface area contributed by atoms with E-state index in [1.165, 1.54) is 6.33 Å². The van der Waals surface area contributed by atoms with Crippen LogP contribution in [-0.2, 0) is 0 Å². The lowest BCUT2D eigenvalue weighted by atomic mass is 10.4. The van der Waals surface area contributed by atoms with Crippen LogP contribution >= 0.6 is 0 Å². The van der Waals surface area contributed by atoms with Crippen LogP contribution in [0.1, 0.15) is 0 Å². The quantitative estimate of drug-likeness (QED) is 0.555. The molecule has 0 aliphatic heterocycles. The van der Waals surface area contributed by atoms with Crippen molar-refractivity contribution in [2.24, 2.45) is 4.99 Å². The first kappa shape index (κ1) is 8.61. The third kappa shape index (κ3) is 1.54. The van der Waals surface area contributed by atoms with E-state index in [4.69, 9.17) is 0 Å². The molecule has 14 heavy (non-hydrogen) atoms. The monoisotopic (exact) mass is 190 g/mol. The second-order valence-corrected chi connectivity index (χ2v) is 3.04. The number of hydrogen-bond donors (Lipinski definition) is 1. The fourth-order valence-corrected chi connectivity index (χ4v) is 1.02. The first-order valence-electron chi connectivity index (χ1n) is 4.12. The summed E-state index contributed by atoms with van der Waals surface area (Å²) in [5.74, 6) is 0.598. The molecule has 0 aliphatic carbocycles. The number of hydrogen-bond acceptors (Lipinski definition) is 4. The summed E-state index contributed by atoms with van der Waals surface area (Å²) >= 11 is 0. The summed E-state index contributed by atoms with van der Waals surface area (Å²) in [6.45, 7) is 0. The zero-order chi connectivity index (χ0) is 9.97. The largest absolute Gasteiger partial charge is 0.369 e. The van der Waals surface area contributed by atoms with Crippen molar-refractivity contribution in [3.63, 3.8) is 0 Å². The molecule has 2 aromatic rings. The minimum absolute atomic E-state index is 0.598. The maximum atomic E-state index is 4.18. The number of rotatable bonds is 2. The Balaban J connectivity index is 2.46. The number of H-pyrrole nitrogens is 1. The van der Waals surface area contributed by atoms with Crippen molar-refractivity contribution in [3.8, 4) is 0 Å². The Bertz CT molecular complexity index is 458. The number of aromatic nitrogens is 4. The SMILES string of the molecule is CN(C)C=Nc1ncnc2cn[nH]c12. The molecule has 0 bridgehead atoms. The third-order valence-corrected chi connectivity index (χ3v) is 1.63. The minimum atomic E-state index is 0.598. The Morgan fingerprint density at radius 3 is 3.07 bits per heavy atom. The summed E-state index contributed by atoms with van der Waals surface area (Å²) in [6, 6.07) is 0. The predicted molar refractivity (Wildman–Crippen MR) is 53.5 cm³/mol. The molecule has 1 N–H and O–H groups in total. The first-order chi connectivity index (χ1) is 6.77. The van der Waals surface area contributed by atoms with Crippen molar-refractivity contribution >= 4 is 23.2 Å². The van der Waals surface area contributed by atoms with Gasteiger partial charge in [0, 0.05) is 14.1 Å². The second kappa shape index (κ2) is 3.41. The van der Waals surface area contributed by atoms with Gasteiger partial charge >= 0.3 is 0 Å². The van der Waals surface area contributed by atoms with Gasteiger partial charge in [-0.2, -0.15) is 5.10 Å². The maximum Gasteiger partial charge on any atom is 0.182 e. The summed E-state index contributed by atoms with van der Waals surface area (Å²) in [7, 11) is 3.80. The lowest BCUT2D eigenvalue weighted by Crippen LogP contribution is -2.07. The summed E-state index contributed by atoms with van der Waals surface area (Å²) in [5.41, 5.74) is 1.52. The van der Waals surface area contributed by atoms with Gasteiger partial charge in [0.1, 0.15) is 17.4 Å². The van der Waals surface area contributed by atoms with Crippen molar-refractivity contribution in [3.05, 3.63) is 12.5 Å². The van der Waals surface area contributed by atoms with Crippen LogP contribution in [0.15, 0.2) is 17.5 Å². The maximum absolute atomic E-state index is 4.18. The molecule has 0 amide bonds. The van der Waals surface area contributed by atoms with E-state index in [1.54, 1.807) is 12.5 Å². The second-order valence-electron chi connectivity index (χ2n) is 3.04. The molecule has 0 spiro atoms. The van der Waals surface area contributed by atoms with Crippen LogP contribution in [0.5, 0.6) is 0 Å². The van der Waals surface area contributed by atoms with Gasteiger partial charge in [-0.05, 0) is 0 Å². The average Bonchev–Trinajstić information content (AvgIpc) is 2.62. The molecule has 0 fully saturated rings. The standard InChI is InChI=1S/C8H10N6/c1-14(2)5-11-8-7-6(3-12-13-7)9-4-10-8/h3-5H,1-2H3,(H,12,13). The van der Waals surface area contributed by atoms with Gasteiger partial charge in [0.15, 0.2) is 5.82 Å². The number of nitrogens with zero attached hydrogens (tertiary/aromatic N) is 5. The molecular weight excluding hydrogens is 180 g/mol. The van der Waals surface area contributed by atoms with Crippen LogP contribution in [0.3, 0.4) is 0 Å². The van der Waals surface area contributed by atoms with Gasteiger partial charge < -0.3 is 4.90 Å². The van der Waals surface area contributed by atoms with E-state index < -0.39 is 0 Å². The number of aliphatic imine (C=N–C) groups is 1. The van der Waals surface area contributed by atoms with Crippen molar-refractivity contribution in [1.29, 1.82) is 0 Å². The number of aromatic amines is 1. The highest BCUT2D eigenvalue weighted by Gasteiger charge is 2.02. The Hall–Kier alpha value is -1.98. The van der Waals surface area contributed by atoms with Crippen molar-refractivity contribution < 1.29 is 0 Å². The number of nitrogens with one attached hydrogen (secondary N) is 1. The van der Waals surface area contributed by atoms with Crippen LogP contribution in [0.4, 0.5) is 5.82 Å². The van der Waals surface area contributed by atoms with E-state index in [0.29, 0.717) is 5.82 Å². The Kier molecular flexibility index (Phi) is 2.10. The van der Waals surface area contributed by atoms with Crippen LogP contribution in [-0.4, -0.2) is 45.5 Å². The molecule has 0 aliphatic rings. The molecule has 6 heteroatoms. The normalized spacial score (nSPS) is 11.3. The first-order valence-corrected chi connectivity index (χ1v) is 4.12. The lowest BCUT2D eigenvalue weighted by molar-refractivity contribution is 0.643. The van der Waals surface area contributed by atoms with Crippen LogP contribution in [0.2, 0.25) is 0 Å². The van der Waals surface area contributed by atoms with Crippen LogP contribution in [0, 0.1) is 0 Å². The molecule has 0 radical (unpaired) electrons. The van der Waals surface area contributed by atoms with Crippen LogP contribution in [0.25, 0.3) is 11.0 Å². The lowest BCUT2D eigenvalue weighted by Gasteiger charge is -2.01. The molecule has 2 aromatic heterocycles. The summed E-state index contributed by atoms with van der Waals surface area (Å²) in [5, 5.41) is 6.68. The Morgan fingerprint density at radius 1 is 1.43 bits per heavy atom. The highest BCUT2D eigenvalue weighted by Crippen LogP contribution is 2.17. The van der Waals surface area contributed by atoms with Gasteiger partial charge in [0.2, 0.25) is 0 Å². The predicted octanol–water partition coefficient (Wildman–Crippen LogP) is 0.574. The molecule has 2 rings (SSSR count). The summed E-state index contributed by atoms with van der Waals surface area (Å²) in [6.07, 6.45) is 4.80. The van der Waals surface area contributed by atoms with E-state index in [1.807, 2.05) is 19.0 Å². The number of fused-ring (bicyclic) bond motifs is 1. The van der Waals surface area contributed by atoms with Gasteiger partial charge in [-0.1, -0.05) is 0 Å². The highest BCUT2D eigenvalue weighted by molar-refractivity contribution is 5.84. The third-order valence-electron chi connectivity index (χ3n) is 1.63. The smallest absolute Gasteiger partial charge is 0.182 e. The van der Waals surface area contributed by atoms with E-state index in [-0.39, 0.29) is 0 Å². The van der Waals surface area contributed by atoms with Crippen molar-refractivity contribution in [2.75, 3.05) is 14.1 Å². The van der Waals surface area contributed by atoms with E-state index in [0.717, 1.165) is 11.0 Å². The minimum Gasteiger partial charge on any atom is -0.369 e. The van der Waals surface area contributed by atoms with Gasteiger partial charge in [0.25, 0.3) is 0 Å². The van der Waals surface area contributed by atoms with Gasteiger partial charge in [-0.3, -0.25) is 5.10 Å². The molecule has 6 nitrogen and oxygen atoms in total. The Morgan fingerprint density at radius 2 is 2.29 bits per heavy atom. The summed E-state index contributed by atoms with van der Waals surface area (Å²) in [4.78, 5) is 14.1. The van der Waals surface area contributed by atoms with E-state index in [2.05, 4.69) is 25.2 Å². The molecule has 0 saturated carbocycles. The molecule has 0 atom stereocenters. The topological polar surface area (TPSA) is 70.1 Å². The fraction of sp³-hybridized carbons (Fsp3) is 0.250. The average molecular weight is 190 g/mol. The van der Waals surface area contributed by atoms with Crippen LogP contribution < -0.4 is 0 Å². The Labute approximate surface area is 80.7 Å². The zero-order valence-corrected chi connectivity index (χ0v) is 7.97. The van der Waals surface area contributed by atoms with Crippen molar-refractivity contribution in [2.45, 2.75) is 0 Å². The fourth-order valence-electron chi connectivity index (χ4n) is 1.02. The van der Waals surface area contributed by atoms with E-state index >= 15 is 0 Å². The van der Waals surface area contributed by atoms with Gasteiger partial charge in [-0.15, -0.1) is 0 Å². The van der Waals surface area contributed by atoms with E-state index in [9.17, 15) is 0 Å². The molecule has 72 valence electrons. The van der Waals surface area contributed by atoms with Gasteiger partial charge in [0.05, 0.1) is 12.5 Å². The van der Waals surface area contributed by atoms with Gasteiger partial charge in [-0.25, -0.2) is 15.0 Å². The molecule has 0 aromatic carbocycles. The summed E-state index contributed by atoms with van der Waals surface area (Å²) < 4.78 is 0. The highest BCUT2D eigenvalue weighted by atomic mass is 15.2. The molecule has 0 saturated heterocycles. The molecule has 0 unspecified atom stereocenters. The molecular formula is C8H10N6.